The SMILES string of the molecule is O=C(O)COc1ccc(C(O)C(O)CNC(=O)OCc2ccccc2)cc1. The molecule has 0 aliphatic rings. The van der Waals surface area contributed by atoms with Gasteiger partial charge in [0.15, 0.2) is 6.61 Å². The molecule has 0 aliphatic carbocycles. The average Bonchev–Trinajstić information content (AvgIpc) is 2.69. The molecule has 4 N–H and O–H groups in total. The van der Waals surface area contributed by atoms with Crippen molar-refractivity contribution in [3.05, 3.63) is 65.7 Å². The highest BCUT2D eigenvalue weighted by Crippen LogP contribution is 2.20. The van der Waals surface area contributed by atoms with Gasteiger partial charge < -0.3 is 30.1 Å². The third-order valence-corrected chi connectivity index (χ3v) is 3.62. The number of aliphatic hydroxyl groups excluding tert-OH is 2. The maximum Gasteiger partial charge on any atom is 0.407 e. The molecule has 0 saturated heterocycles. The predicted molar refractivity (Wildman–Crippen MR) is 95.2 cm³/mol. The van der Waals surface area contributed by atoms with Crippen LogP contribution in [0.25, 0.3) is 0 Å². The van der Waals surface area contributed by atoms with E-state index in [9.17, 15) is 19.8 Å². The van der Waals surface area contributed by atoms with Crippen molar-refractivity contribution in [1.29, 1.82) is 0 Å². The summed E-state index contributed by atoms with van der Waals surface area (Å²) in [7, 11) is 0. The molecule has 0 aliphatic heterocycles. The van der Waals surface area contributed by atoms with E-state index in [1.165, 1.54) is 24.3 Å². The molecule has 0 spiro atoms. The van der Waals surface area contributed by atoms with E-state index in [-0.39, 0.29) is 13.2 Å². The quantitative estimate of drug-likeness (QED) is 0.523. The number of rotatable bonds is 9. The van der Waals surface area contributed by atoms with Gasteiger partial charge in [-0.1, -0.05) is 42.5 Å². The summed E-state index contributed by atoms with van der Waals surface area (Å²) in [6, 6.07) is 15.1. The number of alkyl carbamates (subject to hydrolysis) is 1. The molecule has 0 aromatic heterocycles. The Morgan fingerprint density at radius 2 is 1.67 bits per heavy atom. The van der Waals surface area contributed by atoms with Crippen molar-refractivity contribution in [2.75, 3.05) is 13.2 Å². The number of carboxylic acids is 1. The molecule has 27 heavy (non-hydrogen) atoms. The molecule has 8 nitrogen and oxygen atoms in total. The van der Waals surface area contributed by atoms with Crippen LogP contribution in [0, 0.1) is 0 Å². The van der Waals surface area contributed by atoms with Gasteiger partial charge >= 0.3 is 12.1 Å². The van der Waals surface area contributed by atoms with Crippen molar-refractivity contribution in [2.24, 2.45) is 0 Å². The van der Waals surface area contributed by atoms with Gasteiger partial charge in [0.25, 0.3) is 0 Å². The lowest BCUT2D eigenvalue weighted by Gasteiger charge is -2.19. The topological polar surface area (TPSA) is 125 Å². The molecule has 144 valence electrons. The Bertz CT molecular complexity index is 733. The van der Waals surface area contributed by atoms with Crippen LogP contribution in [-0.2, 0) is 16.1 Å². The summed E-state index contributed by atoms with van der Waals surface area (Å²) >= 11 is 0. The molecule has 2 atom stereocenters. The number of carbonyl (C=O) groups is 2. The van der Waals surface area contributed by atoms with E-state index < -0.39 is 30.9 Å². The lowest BCUT2D eigenvalue weighted by molar-refractivity contribution is -0.139. The van der Waals surface area contributed by atoms with Gasteiger partial charge in [-0.2, -0.15) is 0 Å². The van der Waals surface area contributed by atoms with E-state index in [0.717, 1.165) is 5.56 Å². The minimum atomic E-state index is -1.25. The fraction of sp³-hybridized carbons (Fsp3) is 0.263. The first kappa shape index (κ1) is 20.2. The molecule has 0 fully saturated rings. The smallest absolute Gasteiger partial charge is 0.407 e. The summed E-state index contributed by atoms with van der Waals surface area (Å²) in [4.78, 5) is 22.1. The lowest BCUT2D eigenvalue weighted by Crippen LogP contribution is -2.35. The summed E-state index contributed by atoms with van der Waals surface area (Å²) in [5.74, 6) is -0.773. The van der Waals surface area contributed by atoms with Crippen LogP contribution in [0.1, 0.15) is 17.2 Å². The van der Waals surface area contributed by atoms with Crippen molar-refractivity contribution in [3.8, 4) is 5.75 Å². The van der Waals surface area contributed by atoms with E-state index in [2.05, 4.69) is 5.32 Å². The van der Waals surface area contributed by atoms with Crippen LogP contribution in [0.3, 0.4) is 0 Å². The van der Waals surface area contributed by atoms with Crippen molar-refractivity contribution < 1.29 is 34.4 Å². The lowest BCUT2D eigenvalue weighted by atomic mass is 10.0. The standard InChI is InChI=1S/C19H21NO7/c21-16(10-20-19(25)27-11-13-4-2-1-3-5-13)18(24)14-6-8-15(9-7-14)26-12-17(22)23/h1-9,16,18,21,24H,10-12H2,(H,20,25)(H,22,23). The molecular formula is C19H21NO7. The molecular weight excluding hydrogens is 354 g/mol. The number of nitrogens with one attached hydrogen (secondary N) is 1. The highest BCUT2D eigenvalue weighted by atomic mass is 16.5. The minimum absolute atomic E-state index is 0.100. The Hall–Kier alpha value is -3.10. The molecule has 2 aromatic rings. The average molecular weight is 375 g/mol. The van der Waals surface area contributed by atoms with Gasteiger partial charge in [-0.05, 0) is 23.3 Å². The van der Waals surface area contributed by atoms with Crippen LogP contribution in [0.4, 0.5) is 4.79 Å². The van der Waals surface area contributed by atoms with Gasteiger partial charge in [-0.25, -0.2) is 9.59 Å². The second kappa shape index (κ2) is 10.1. The second-order valence-electron chi connectivity index (χ2n) is 5.71. The van der Waals surface area contributed by atoms with Gasteiger partial charge in [0.05, 0.1) is 0 Å². The summed E-state index contributed by atoms with van der Waals surface area (Å²) in [5.41, 5.74) is 1.23. The first-order chi connectivity index (χ1) is 13.0. The Balaban J connectivity index is 1.76. The first-order valence-corrected chi connectivity index (χ1v) is 8.21. The summed E-state index contributed by atoms with van der Waals surface area (Å²) in [6.45, 7) is -0.575. The van der Waals surface area contributed by atoms with Crippen LogP contribution in [-0.4, -0.2) is 46.6 Å². The van der Waals surface area contributed by atoms with Crippen molar-refractivity contribution in [2.45, 2.75) is 18.8 Å². The van der Waals surface area contributed by atoms with Crippen LogP contribution < -0.4 is 10.1 Å². The molecule has 2 rings (SSSR count). The maximum absolute atomic E-state index is 11.7. The monoisotopic (exact) mass is 375 g/mol. The van der Waals surface area contributed by atoms with E-state index in [4.69, 9.17) is 14.6 Å². The van der Waals surface area contributed by atoms with Crippen LogP contribution in [0.15, 0.2) is 54.6 Å². The molecule has 0 bridgehead atoms. The number of ether oxygens (including phenoxy) is 2. The molecule has 0 saturated carbocycles. The Labute approximate surface area is 156 Å². The molecule has 8 heteroatoms. The normalized spacial score (nSPS) is 12.7. The number of hydrogen-bond acceptors (Lipinski definition) is 6. The molecule has 2 unspecified atom stereocenters. The zero-order valence-electron chi connectivity index (χ0n) is 14.4. The second-order valence-corrected chi connectivity index (χ2v) is 5.71. The zero-order valence-corrected chi connectivity index (χ0v) is 14.4. The molecule has 0 heterocycles. The zero-order chi connectivity index (χ0) is 19.6. The highest BCUT2D eigenvalue weighted by molar-refractivity contribution is 5.68. The van der Waals surface area contributed by atoms with Crippen molar-refractivity contribution in [3.63, 3.8) is 0 Å². The minimum Gasteiger partial charge on any atom is -0.482 e. The first-order valence-electron chi connectivity index (χ1n) is 8.21. The van der Waals surface area contributed by atoms with Crippen molar-refractivity contribution in [1.82, 2.24) is 5.32 Å². The summed E-state index contributed by atoms with van der Waals surface area (Å²) < 4.78 is 10.0. The summed E-state index contributed by atoms with van der Waals surface area (Å²) in [5, 5.41) is 31.1. The number of carboxylic acid groups (broad SMARTS) is 1. The van der Waals surface area contributed by atoms with Gasteiger partial charge in [-0.3, -0.25) is 0 Å². The Morgan fingerprint density at radius 3 is 2.30 bits per heavy atom. The third-order valence-electron chi connectivity index (χ3n) is 3.62. The van der Waals surface area contributed by atoms with Crippen molar-refractivity contribution >= 4 is 12.1 Å². The van der Waals surface area contributed by atoms with E-state index in [1.807, 2.05) is 30.3 Å². The number of amides is 1. The number of benzene rings is 2. The van der Waals surface area contributed by atoms with E-state index in [1.54, 1.807) is 0 Å². The highest BCUT2D eigenvalue weighted by Gasteiger charge is 2.19. The van der Waals surface area contributed by atoms with Gasteiger partial charge in [0.1, 0.15) is 24.6 Å². The van der Waals surface area contributed by atoms with E-state index >= 15 is 0 Å². The van der Waals surface area contributed by atoms with Gasteiger partial charge in [0, 0.05) is 6.54 Å². The van der Waals surface area contributed by atoms with Crippen LogP contribution >= 0.6 is 0 Å². The molecule has 1 amide bonds. The number of carbonyl (C=O) groups excluding carboxylic acids is 1. The van der Waals surface area contributed by atoms with Gasteiger partial charge in [0.2, 0.25) is 0 Å². The van der Waals surface area contributed by atoms with Gasteiger partial charge in [-0.15, -0.1) is 0 Å². The van der Waals surface area contributed by atoms with Crippen LogP contribution in [0.2, 0.25) is 0 Å². The van der Waals surface area contributed by atoms with Crippen LogP contribution in [0.5, 0.6) is 5.75 Å². The number of aliphatic carboxylic acids is 1. The fourth-order valence-corrected chi connectivity index (χ4v) is 2.20. The van der Waals surface area contributed by atoms with E-state index in [0.29, 0.717) is 11.3 Å². The number of hydrogen-bond donors (Lipinski definition) is 4. The molecule has 0 radical (unpaired) electrons. The number of aliphatic hydroxyl groups is 2. The predicted octanol–water partition coefficient (Wildman–Crippen LogP) is 1.47. The summed E-state index contributed by atoms with van der Waals surface area (Å²) in [6.07, 6.45) is -3.20. The molecule has 2 aromatic carbocycles. The fourth-order valence-electron chi connectivity index (χ4n) is 2.20. The Kier molecular flexibility index (Phi) is 7.60. The Morgan fingerprint density at radius 1 is 1.00 bits per heavy atom. The maximum atomic E-state index is 11.7. The third kappa shape index (κ3) is 6.96. The largest absolute Gasteiger partial charge is 0.482 e.